The van der Waals surface area contributed by atoms with Gasteiger partial charge in [0.15, 0.2) is 6.35 Å². The number of fused-ring (bicyclic) bond motifs is 1. The molecule has 1 unspecified atom stereocenters. The lowest BCUT2D eigenvalue weighted by Crippen LogP contribution is -2.53. The summed E-state index contributed by atoms with van der Waals surface area (Å²) in [5, 5.41) is 15.6. The van der Waals surface area contributed by atoms with Gasteiger partial charge in [0.25, 0.3) is 11.8 Å². The molecule has 178 valence electrons. The number of nitrogens with zero attached hydrogens (tertiary/aromatic N) is 2. The van der Waals surface area contributed by atoms with Crippen LogP contribution in [0.3, 0.4) is 0 Å². The number of nitrogens with two attached hydrogens (primary N) is 1. The van der Waals surface area contributed by atoms with Crippen LogP contribution in [0, 0.1) is 0 Å². The molecule has 2 aliphatic rings. The van der Waals surface area contributed by atoms with Gasteiger partial charge in [0.05, 0.1) is 13.7 Å². The van der Waals surface area contributed by atoms with Crippen molar-refractivity contribution in [3.05, 3.63) is 83.2 Å². The Bertz CT molecular complexity index is 1340. The first-order valence-electron chi connectivity index (χ1n) is 10.9. The van der Waals surface area contributed by atoms with Crippen LogP contribution >= 0.6 is 0 Å². The summed E-state index contributed by atoms with van der Waals surface area (Å²) in [4.78, 5) is 43.2. The van der Waals surface area contributed by atoms with Gasteiger partial charge < -0.3 is 25.8 Å². The zero-order chi connectivity index (χ0) is 24.7. The molecule has 5 rings (SSSR count). The average Bonchev–Trinajstić information content (AvgIpc) is 3.33. The Kier molecular flexibility index (Phi) is 5.46. The van der Waals surface area contributed by atoms with Gasteiger partial charge in [0, 0.05) is 18.3 Å². The fourth-order valence-electron chi connectivity index (χ4n) is 4.58. The number of hydrogen-bond acceptors (Lipinski definition) is 7. The largest absolute Gasteiger partial charge is 0.497 e. The number of hydrogen-bond donors (Lipinski definition) is 4. The number of aliphatic hydroxyl groups excluding tert-OH is 1. The molecule has 10 heteroatoms. The Morgan fingerprint density at radius 1 is 1.17 bits per heavy atom. The number of methoxy groups -OCH3 is 1. The normalized spacial score (nSPS) is 21.1. The van der Waals surface area contributed by atoms with Gasteiger partial charge in [-0.25, -0.2) is 0 Å². The predicted octanol–water partition coefficient (Wildman–Crippen LogP) is 0.703. The Morgan fingerprint density at radius 2 is 1.94 bits per heavy atom. The number of amides is 3. The molecule has 5 N–H and O–H groups in total. The van der Waals surface area contributed by atoms with Gasteiger partial charge in [-0.05, 0) is 46.5 Å². The average molecular weight is 473 g/mol. The van der Waals surface area contributed by atoms with Crippen LogP contribution in [0.2, 0.25) is 0 Å². The summed E-state index contributed by atoms with van der Waals surface area (Å²) in [6.45, 7) is 0.335. The number of ether oxygens (including phenoxy) is 1. The third-order valence-electron chi connectivity index (χ3n) is 6.39. The number of primary amides is 1. The minimum Gasteiger partial charge on any atom is -0.497 e. The number of nitrogens with one attached hydrogen (secondary N) is 2. The molecule has 2 aromatic carbocycles. The highest BCUT2D eigenvalue weighted by Gasteiger charge is 2.50. The van der Waals surface area contributed by atoms with Crippen LogP contribution in [0.4, 0.5) is 0 Å². The molecule has 0 saturated carbocycles. The maximum atomic E-state index is 13.1. The highest BCUT2D eigenvalue weighted by atomic mass is 16.5. The Morgan fingerprint density at radius 3 is 2.60 bits per heavy atom. The van der Waals surface area contributed by atoms with Crippen molar-refractivity contribution in [2.75, 3.05) is 13.7 Å². The van der Waals surface area contributed by atoms with Crippen LogP contribution in [0.1, 0.15) is 32.0 Å². The van der Waals surface area contributed by atoms with Gasteiger partial charge in [-0.1, -0.05) is 30.3 Å². The SMILES string of the molecule is COc1ccc2c(c1)C(=O)N(C[C@@]1(c3ccc(-c4ccnc(C(N)=O)c4)cc3)NC(O)NC1=O)C2. The van der Waals surface area contributed by atoms with Crippen LogP contribution < -0.4 is 21.1 Å². The Balaban J connectivity index is 1.47. The van der Waals surface area contributed by atoms with Crippen molar-refractivity contribution in [3.63, 3.8) is 0 Å². The lowest BCUT2D eigenvalue weighted by molar-refractivity contribution is -0.125. The second kappa shape index (κ2) is 8.49. The van der Waals surface area contributed by atoms with Crippen molar-refractivity contribution in [2.24, 2.45) is 5.73 Å². The summed E-state index contributed by atoms with van der Waals surface area (Å²) in [5.74, 6) is -0.718. The highest BCUT2D eigenvalue weighted by molar-refractivity contribution is 6.00. The monoisotopic (exact) mass is 473 g/mol. The number of rotatable bonds is 6. The van der Waals surface area contributed by atoms with Crippen molar-refractivity contribution >= 4 is 17.7 Å². The van der Waals surface area contributed by atoms with E-state index in [0.717, 1.165) is 16.7 Å². The van der Waals surface area contributed by atoms with Gasteiger partial charge in [-0.2, -0.15) is 0 Å². The van der Waals surface area contributed by atoms with Gasteiger partial charge in [-0.3, -0.25) is 24.7 Å². The summed E-state index contributed by atoms with van der Waals surface area (Å²) in [5.41, 5.74) is 7.56. The molecule has 3 heterocycles. The zero-order valence-corrected chi connectivity index (χ0v) is 18.8. The van der Waals surface area contributed by atoms with Crippen molar-refractivity contribution in [1.82, 2.24) is 20.5 Å². The molecule has 1 aromatic heterocycles. The van der Waals surface area contributed by atoms with E-state index in [-0.39, 0.29) is 18.1 Å². The number of aliphatic hydroxyl groups is 1. The summed E-state index contributed by atoms with van der Waals surface area (Å²) in [6, 6.07) is 15.7. The van der Waals surface area contributed by atoms with Gasteiger partial charge in [0.1, 0.15) is 17.0 Å². The molecule has 0 spiro atoms. The smallest absolute Gasteiger partial charge is 0.267 e. The van der Waals surface area contributed by atoms with Gasteiger partial charge >= 0.3 is 0 Å². The van der Waals surface area contributed by atoms with E-state index in [1.165, 1.54) is 13.3 Å². The fourth-order valence-corrected chi connectivity index (χ4v) is 4.58. The minimum atomic E-state index is -1.36. The van der Waals surface area contributed by atoms with Crippen molar-refractivity contribution in [1.29, 1.82) is 0 Å². The van der Waals surface area contributed by atoms with E-state index in [9.17, 15) is 19.5 Å². The van der Waals surface area contributed by atoms with Crippen LogP contribution in [0.15, 0.2) is 60.8 Å². The summed E-state index contributed by atoms with van der Waals surface area (Å²) in [7, 11) is 1.53. The summed E-state index contributed by atoms with van der Waals surface area (Å²) < 4.78 is 5.24. The van der Waals surface area contributed by atoms with Crippen LogP contribution in [0.5, 0.6) is 5.75 Å². The molecule has 2 aliphatic heterocycles. The third kappa shape index (κ3) is 3.88. The highest BCUT2D eigenvalue weighted by Crippen LogP contribution is 2.33. The first-order chi connectivity index (χ1) is 16.8. The second-order valence-electron chi connectivity index (χ2n) is 8.48. The maximum absolute atomic E-state index is 13.1. The Labute approximate surface area is 200 Å². The van der Waals surface area contributed by atoms with Crippen LogP contribution in [-0.2, 0) is 16.9 Å². The van der Waals surface area contributed by atoms with Crippen molar-refractivity contribution in [3.8, 4) is 16.9 Å². The van der Waals surface area contributed by atoms with E-state index >= 15 is 0 Å². The van der Waals surface area contributed by atoms with E-state index in [4.69, 9.17) is 10.5 Å². The van der Waals surface area contributed by atoms with Crippen molar-refractivity contribution < 1.29 is 24.2 Å². The molecule has 35 heavy (non-hydrogen) atoms. The summed E-state index contributed by atoms with van der Waals surface area (Å²) in [6.07, 6.45) is 0.236. The first-order valence-corrected chi connectivity index (χ1v) is 10.9. The van der Waals surface area contributed by atoms with E-state index in [0.29, 0.717) is 23.4 Å². The predicted molar refractivity (Wildman–Crippen MR) is 125 cm³/mol. The molecule has 1 fully saturated rings. The van der Waals surface area contributed by atoms with Gasteiger partial charge in [0.2, 0.25) is 5.91 Å². The molecule has 3 amide bonds. The molecule has 2 atom stereocenters. The fraction of sp³-hybridized carbons (Fsp3) is 0.200. The first kappa shape index (κ1) is 22.5. The number of benzene rings is 2. The standard InChI is InChI=1S/C25H23N5O5/c1-35-18-7-4-16-12-30(22(32)19(16)11-18)13-25(23(33)28-24(34)29-25)17-5-2-14(3-6-17)15-8-9-27-20(10-15)21(26)31/h2-11,24,29,34H,12-13H2,1H3,(H2,26,31)(H,28,33)/t24?,25-/m0/s1. The molecule has 0 radical (unpaired) electrons. The lowest BCUT2D eigenvalue weighted by atomic mass is 9.88. The molecule has 1 saturated heterocycles. The minimum absolute atomic E-state index is 0.00610. The second-order valence-corrected chi connectivity index (χ2v) is 8.48. The van der Waals surface area contributed by atoms with E-state index in [2.05, 4.69) is 15.6 Å². The number of pyridine rings is 1. The lowest BCUT2D eigenvalue weighted by Gasteiger charge is -2.32. The molecular formula is C25H23N5O5. The van der Waals surface area contributed by atoms with E-state index < -0.39 is 23.7 Å². The van der Waals surface area contributed by atoms with Gasteiger partial charge in [-0.15, -0.1) is 0 Å². The molecule has 0 aliphatic carbocycles. The van der Waals surface area contributed by atoms with E-state index in [1.54, 1.807) is 53.4 Å². The van der Waals surface area contributed by atoms with Crippen molar-refractivity contribution in [2.45, 2.75) is 18.4 Å². The number of carbonyl (C=O) groups is 3. The van der Waals surface area contributed by atoms with Crippen LogP contribution in [-0.4, -0.2) is 52.7 Å². The number of carbonyl (C=O) groups excluding carboxylic acids is 3. The summed E-state index contributed by atoms with van der Waals surface area (Å²) >= 11 is 0. The Hall–Kier alpha value is -4.28. The van der Waals surface area contributed by atoms with E-state index in [1.807, 2.05) is 6.07 Å². The maximum Gasteiger partial charge on any atom is 0.267 e. The molecule has 0 bridgehead atoms. The zero-order valence-electron chi connectivity index (χ0n) is 18.8. The molecular weight excluding hydrogens is 450 g/mol. The molecule has 3 aromatic rings. The topological polar surface area (TPSA) is 147 Å². The molecule has 10 nitrogen and oxygen atoms in total. The van der Waals surface area contributed by atoms with Crippen LogP contribution in [0.25, 0.3) is 11.1 Å². The number of aromatic nitrogens is 1. The third-order valence-corrected chi connectivity index (χ3v) is 6.39. The quantitative estimate of drug-likeness (QED) is 0.412.